The summed E-state index contributed by atoms with van der Waals surface area (Å²) >= 11 is 13.4. The number of unbranched alkanes of at least 4 members (excludes halogenated alkanes) is 1. The van der Waals surface area contributed by atoms with E-state index in [1.807, 2.05) is 55.1 Å². The predicted octanol–water partition coefficient (Wildman–Crippen LogP) is 7.24. The van der Waals surface area contributed by atoms with Gasteiger partial charge in [-0.2, -0.15) is 0 Å². The molecule has 0 bridgehead atoms. The van der Waals surface area contributed by atoms with Gasteiger partial charge in [0.25, 0.3) is 0 Å². The van der Waals surface area contributed by atoms with Gasteiger partial charge in [0.15, 0.2) is 0 Å². The second kappa shape index (κ2) is 13.1. The lowest BCUT2D eigenvalue weighted by molar-refractivity contribution is -0.133. The summed E-state index contributed by atoms with van der Waals surface area (Å²) in [5, 5.41) is 1.16. The molecule has 2 aromatic carbocycles. The topological polar surface area (TPSA) is 59.1 Å². The molecule has 0 aromatic heterocycles. The molecule has 206 valence electrons. The van der Waals surface area contributed by atoms with Gasteiger partial charge in [0.1, 0.15) is 5.75 Å². The van der Waals surface area contributed by atoms with Crippen LogP contribution >= 0.6 is 23.2 Å². The normalized spacial score (nSPS) is 18.4. The predicted molar refractivity (Wildman–Crippen MR) is 152 cm³/mol. The maximum Gasteiger partial charge on any atom is 0.409 e. The molecule has 2 aromatic rings. The van der Waals surface area contributed by atoms with E-state index >= 15 is 0 Å². The highest BCUT2D eigenvalue weighted by molar-refractivity contribution is 6.36. The number of hydrogen-bond acceptors (Lipinski definition) is 4. The smallest absolute Gasteiger partial charge is 0.409 e. The van der Waals surface area contributed by atoms with Gasteiger partial charge >= 0.3 is 6.09 Å². The number of carbonyl (C=O) groups excluding carboxylic acids is 2. The zero-order valence-electron chi connectivity index (χ0n) is 22.6. The van der Waals surface area contributed by atoms with E-state index in [2.05, 4.69) is 6.92 Å². The van der Waals surface area contributed by atoms with E-state index in [1.54, 1.807) is 4.90 Å². The Morgan fingerprint density at radius 3 is 2.26 bits per heavy atom. The van der Waals surface area contributed by atoms with Gasteiger partial charge in [-0.15, -0.1) is 0 Å². The van der Waals surface area contributed by atoms with Crippen LogP contribution in [0.25, 0.3) is 11.1 Å². The average Bonchev–Trinajstić information content (AvgIpc) is 3.26. The Morgan fingerprint density at radius 2 is 1.66 bits per heavy atom. The molecule has 2 amide bonds. The summed E-state index contributed by atoms with van der Waals surface area (Å²) in [5.41, 5.74) is 2.75. The Balaban J connectivity index is 1.34. The highest BCUT2D eigenvalue weighted by atomic mass is 35.5. The van der Waals surface area contributed by atoms with E-state index in [-0.39, 0.29) is 30.1 Å². The number of carbonyl (C=O) groups is 2. The van der Waals surface area contributed by atoms with E-state index in [9.17, 15) is 9.59 Å². The van der Waals surface area contributed by atoms with Gasteiger partial charge in [-0.3, -0.25) is 4.79 Å². The summed E-state index contributed by atoms with van der Waals surface area (Å²) in [6.07, 6.45) is 4.61. The number of benzene rings is 2. The lowest BCUT2D eigenvalue weighted by Crippen LogP contribution is -2.47. The molecule has 2 aliphatic rings. The quantitative estimate of drug-likeness (QED) is 0.303. The van der Waals surface area contributed by atoms with Crippen LogP contribution in [0.5, 0.6) is 5.75 Å². The van der Waals surface area contributed by atoms with Crippen LogP contribution in [0.1, 0.15) is 58.4 Å². The molecule has 6 nitrogen and oxygen atoms in total. The number of nitrogens with zero attached hydrogens (tertiary/aromatic N) is 2. The van der Waals surface area contributed by atoms with Crippen LogP contribution in [0.4, 0.5) is 4.79 Å². The van der Waals surface area contributed by atoms with Crippen molar-refractivity contribution in [3.8, 4) is 16.9 Å². The highest BCUT2D eigenvalue weighted by Gasteiger charge is 2.38. The molecule has 0 saturated carbocycles. The summed E-state index contributed by atoms with van der Waals surface area (Å²) in [4.78, 5) is 29.3. The Kier molecular flexibility index (Phi) is 9.83. The van der Waals surface area contributed by atoms with Crippen molar-refractivity contribution in [2.45, 2.75) is 71.4 Å². The molecule has 4 rings (SSSR count). The summed E-state index contributed by atoms with van der Waals surface area (Å²) in [6, 6.07) is 11.9. The molecule has 38 heavy (non-hydrogen) atoms. The molecule has 2 fully saturated rings. The molecule has 2 saturated heterocycles. The molecular formula is C30H38Cl2N2O4. The van der Waals surface area contributed by atoms with Crippen LogP contribution in [-0.2, 0) is 16.0 Å². The first kappa shape index (κ1) is 28.6. The van der Waals surface area contributed by atoms with Gasteiger partial charge in [-0.1, -0.05) is 48.7 Å². The molecular weight excluding hydrogens is 523 g/mol. The maximum atomic E-state index is 13.3. The van der Waals surface area contributed by atoms with E-state index in [0.717, 1.165) is 61.1 Å². The zero-order chi connectivity index (χ0) is 27.2. The molecule has 0 radical (unpaired) electrons. The first-order chi connectivity index (χ1) is 18.3. The van der Waals surface area contributed by atoms with Gasteiger partial charge in [0.05, 0.1) is 12.7 Å². The van der Waals surface area contributed by atoms with Crippen LogP contribution in [0.2, 0.25) is 10.0 Å². The van der Waals surface area contributed by atoms with Crippen molar-refractivity contribution in [1.82, 2.24) is 9.80 Å². The summed E-state index contributed by atoms with van der Waals surface area (Å²) in [5.74, 6) is 0.839. The number of rotatable bonds is 9. The number of amides is 2. The van der Waals surface area contributed by atoms with Crippen LogP contribution in [0, 0.1) is 5.92 Å². The Hall–Kier alpha value is -2.44. The molecule has 0 N–H and O–H groups in total. The fourth-order valence-corrected chi connectivity index (χ4v) is 5.92. The minimum absolute atomic E-state index is 0.116. The number of halogens is 2. The third-order valence-corrected chi connectivity index (χ3v) is 8.06. The third-order valence-electron chi connectivity index (χ3n) is 7.39. The molecule has 2 heterocycles. The average molecular weight is 562 g/mol. The van der Waals surface area contributed by atoms with Crippen molar-refractivity contribution in [3.05, 3.63) is 52.0 Å². The molecule has 0 aliphatic carbocycles. The van der Waals surface area contributed by atoms with Gasteiger partial charge in [-0.05, 0) is 86.9 Å². The summed E-state index contributed by atoms with van der Waals surface area (Å²) in [7, 11) is 0. The molecule has 1 atom stereocenters. The number of piperidine rings is 1. The zero-order valence-corrected chi connectivity index (χ0v) is 24.1. The van der Waals surface area contributed by atoms with E-state index in [4.69, 9.17) is 32.7 Å². The van der Waals surface area contributed by atoms with Crippen molar-refractivity contribution in [3.63, 3.8) is 0 Å². The fraction of sp³-hybridized carbons (Fsp3) is 0.533. The summed E-state index contributed by atoms with van der Waals surface area (Å²) < 4.78 is 11.1. The number of ether oxygens (including phenoxy) is 2. The van der Waals surface area contributed by atoms with Crippen LogP contribution < -0.4 is 4.74 Å². The van der Waals surface area contributed by atoms with Crippen molar-refractivity contribution in [2.24, 2.45) is 5.92 Å². The lowest BCUT2D eigenvalue weighted by Gasteiger charge is -2.36. The van der Waals surface area contributed by atoms with Crippen molar-refractivity contribution in [1.29, 1.82) is 0 Å². The highest BCUT2D eigenvalue weighted by Crippen LogP contribution is 2.36. The Labute approximate surface area is 236 Å². The van der Waals surface area contributed by atoms with Crippen molar-refractivity contribution >= 4 is 35.2 Å². The Morgan fingerprint density at radius 1 is 1.00 bits per heavy atom. The molecule has 0 spiro atoms. The van der Waals surface area contributed by atoms with Crippen molar-refractivity contribution in [2.75, 3.05) is 26.2 Å². The minimum atomic E-state index is -0.241. The van der Waals surface area contributed by atoms with Crippen LogP contribution in [0.15, 0.2) is 36.4 Å². The second-order valence-corrected chi connectivity index (χ2v) is 11.3. The largest absolute Gasteiger partial charge is 0.491 e. The van der Waals surface area contributed by atoms with Gasteiger partial charge in [0, 0.05) is 41.6 Å². The molecule has 8 heteroatoms. The lowest BCUT2D eigenvalue weighted by atomic mass is 9.95. The standard InChI is InChI=1S/C30H38Cl2N2O4/c1-4-5-16-37-30(36)33-13-11-24(12-14-33)34-15-10-22(29(34)35)17-26-27(31)18-23(19-28(26)32)21-6-8-25(9-7-21)38-20(2)3/h6-9,18-20,22,24H,4-5,10-17H2,1-3H3/t22-/m0/s1. The SMILES string of the molecule is CCCCOC(=O)N1CCC(N2CC[C@@H](Cc3c(Cl)cc(-c4ccc(OC(C)C)cc4)cc3Cl)C2=O)CC1. The third kappa shape index (κ3) is 6.95. The van der Waals surface area contributed by atoms with Crippen LogP contribution in [0.3, 0.4) is 0 Å². The monoisotopic (exact) mass is 560 g/mol. The molecule has 2 aliphatic heterocycles. The minimum Gasteiger partial charge on any atom is -0.491 e. The Bertz CT molecular complexity index is 1090. The second-order valence-electron chi connectivity index (χ2n) is 10.5. The first-order valence-electron chi connectivity index (χ1n) is 13.7. The van der Waals surface area contributed by atoms with Gasteiger partial charge in [-0.25, -0.2) is 4.79 Å². The van der Waals surface area contributed by atoms with Gasteiger partial charge < -0.3 is 19.3 Å². The van der Waals surface area contributed by atoms with Crippen LogP contribution in [-0.4, -0.2) is 60.2 Å². The van der Waals surface area contributed by atoms with E-state index < -0.39 is 0 Å². The number of hydrogen-bond donors (Lipinski definition) is 0. The van der Waals surface area contributed by atoms with E-state index in [0.29, 0.717) is 36.2 Å². The first-order valence-corrected chi connectivity index (χ1v) is 14.5. The molecule has 0 unspecified atom stereocenters. The number of likely N-dealkylation sites (tertiary alicyclic amines) is 2. The van der Waals surface area contributed by atoms with Gasteiger partial charge in [0.2, 0.25) is 5.91 Å². The van der Waals surface area contributed by atoms with E-state index in [1.165, 1.54) is 0 Å². The maximum absolute atomic E-state index is 13.3. The summed E-state index contributed by atoms with van der Waals surface area (Å²) in [6.45, 7) is 8.50. The fourth-order valence-electron chi connectivity index (χ4n) is 5.28. The van der Waals surface area contributed by atoms with Crippen molar-refractivity contribution < 1.29 is 19.1 Å².